The molecule has 3 aliphatic carbocycles. The maximum absolute atomic E-state index is 12.6. The molecule has 1 fully saturated rings. The predicted molar refractivity (Wildman–Crippen MR) is 76.8 cm³/mol. The minimum atomic E-state index is -1.36. The number of allylic oxidation sites excluding steroid dienone is 2. The van der Waals surface area contributed by atoms with Crippen molar-refractivity contribution in [2.45, 2.75) is 39.2 Å². The Bertz CT molecular complexity index is 660. The van der Waals surface area contributed by atoms with Crippen LogP contribution in [0.5, 0.6) is 0 Å². The highest BCUT2D eigenvalue weighted by molar-refractivity contribution is 6.10. The maximum Gasteiger partial charge on any atom is 0.404 e. The summed E-state index contributed by atoms with van der Waals surface area (Å²) in [6.45, 7) is 5.61. The number of amides is 1. The molecular formula is C16H19NO4. The third kappa shape index (κ3) is 1.67. The van der Waals surface area contributed by atoms with E-state index in [1.54, 1.807) is 13.0 Å². The van der Waals surface area contributed by atoms with E-state index in [9.17, 15) is 14.7 Å². The molecule has 1 atom stereocenters. The molecule has 21 heavy (non-hydrogen) atoms. The molecule has 5 nitrogen and oxygen atoms in total. The molecule has 3 aliphatic rings. The molecule has 1 amide bonds. The van der Waals surface area contributed by atoms with E-state index in [4.69, 9.17) is 5.11 Å². The first-order valence-corrected chi connectivity index (χ1v) is 7.10. The van der Waals surface area contributed by atoms with Crippen LogP contribution in [0.2, 0.25) is 0 Å². The monoisotopic (exact) mass is 289 g/mol. The van der Waals surface area contributed by atoms with Crippen LogP contribution in [-0.4, -0.2) is 34.2 Å². The van der Waals surface area contributed by atoms with Crippen molar-refractivity contribution in [1.29, 1.82) is 0 Å². The molecule has 3 N–H and O–H groups in total. The Balaban J connectivity index is 2.10. The highest BCUT2D eigenvalue weighted by atomic mass is 16.4. The van der Waals surface area contributed by atoms with E-state index in [0.29, 0.717) is 5.57 Å². The number of fused-ring (bicyclic) bond motifs is 1. The molecule has 0 aromatic carbocycles. The summed E-state index contributed by atoms with van der Waals surface area (Å²) in [5, 5.41) is 21.9. The number of carboxylic acid groups (broad SMARTS) is 1. The Morgan fingerprint density at radius 3 is 2.52 bits per heavy atom. The number of rotatable bonds is 2. The van der Waals surface area contributed by atoms with Crippen LogP contribution in [0, 0.1) is 5.41 Å². The zero-order chi connectivity index (χ0) is 15.6. The van der Waals surface area contributed by atoms with Crippen LogP contribution in [0.1, 0.15) is 33.6 Å². The van der Waals surface area contributed by atoms with Crippen molar-refractivity contribution in [2.24, 2.45) is 5.41 Å². The minimum absolute atomic E-state index is 0.180. The topological polar surface area (TPSA) is 86.6 Å². The van der Waals surface area contributed by atoms with Crippen molar-refractivity contribution in [3.63, 3.8) is 0 Å². The lowest BCUT2D eigenvalue weighted by atomic mass is 9.67. The average molecular weight is 289 g/mol. The fourth-order valence-electron chi connectivity index (χ4n) is 3.81. The van der Waals surface area contributed by atoms with Crippen molar-refractivity contribution < 1.29 is 19.8 Å². The number of nitrogens with one attached hydrogen (secondary N) is 1. The zero-order valence-corrected chi connectivity index (χ0v) is 12.4. The van der Waals surface area contributed by atoms with E-state index in [-0.39, 0.29) is 12.3 Å². The molecule has 0 radical (unpaired) electrons. The predicted octanol–water partition coefficient (Wildman–Crippen LogP) is 1.94. The molecular weight excluding hydrogens is 270 g/mol. The van der Waals surface area contributed by atoms with Crippen molar-refractivity contribution in [3.05, 3.63) is 33.9 Å². The van der Waals surface area contributed by atoms with Crippen molar-refractivity contribution in [2.75, 3.05) is 6.54 Å². The van der Waals surface area contributed by atoms with E-state index in [2.05, 4.69) is 5.32 Å². The standard InChI is InChI=1S/C16H19NO4/c1-8-6-10-12(11(8)7-17-14(19)20)9(2)16(4-5-16)15(3,21)13(10)18/h6,17,21H,4-5,7H2,1-3H3,(H,19,20)/t15-/m0/s1. The largest absolute Gasteiger partial charge is 0.465 e. The summed E-state index contributed by atoms with van der Waals surface area (Å²) in [5.74, 6) is -0.245. The minimum Gasteiger partial charge on any atom is -0.465 e. The summed E-state index contributed by atoms with van der Waals surface area (Å²) in [6, 6.07) is 0. The first kappa shape index (κ1) is 14.1. The summed E-state index contributed by atoms with van der Waals surface area (Å²) < 4.78 is 0. The Hall–Kier alpha value is -1.88. The lowest BCUT2D eigenvalue weighted by Crippen LogP contribution is -2.49. The van der Waals surface area contributed by atoms with Gasteiger partial charge in [-0.3, -0.25) is 4.79 Å². The fourth-order valence-corrected chi connectivity index (χ4v) is 3.81. The molecule has 3 rings (SSSR count). The van der Waals surface area contributed by atoms with E-state index < -0.39 is 17.1 Å². The van der Waals surface area contributed by atoms with Crippen molar-refractivity contribution in [3.8, 4) is 0 Å². The number of Topliss-reactive ketones (excluding diaryl/α,β-unsaturated/α-hetero) is 1. The van der Waals surface area contributed by atoms with Gasteiger partial charge in [-0.15, -0.1) is 0 Å². The van der Waals surface area contributed by atoms with Gasteiger partial charge in [-0.2, -0.15) is 0 Å². The first-order valence-electron chi connectivity index (χ1n) is 7.10. The van der Waals surface area contributed by atoms with Crippen LogP contribution in [0.25, 0.3) is 0 Å². The Labute approximate surface area is 123 Å². The van der Waals surface area contributed by atoms with Gasteiger partial charge in [-0.1, -0.05) is 5.57 Å². The quantitative estimate of drug-likeness (QED) is 0.725. The summed E-state index contributed by atoms with van der Waals surface area (Å²) in [7, 11) is 0. The summed E-state index contributed by atoms with van der Waals surface area (Å²) in [5.41, 5.74) is 2.29. The van der Waals surface area contributed by atoms with Gasteiger partial charge < -0.3 is 15.5 Å². The summed E-state index contributed by atoms with van der Waals surface area (Å²) in [4.78, 5) is 23.4. The SMILES string of the molecule is CC1=C(CNC(=O)O)C2=C(C)C3(CC3)[C@@](C)(O)C(=O)C2=C1. The maximum atomic E-state index is 12.6. The number of ketones is 1. The van der Waals surface area contributed by atoms with Crippen LogP contribution in [0.4, 0.5) is 4.79 Å². The summed E-state index contributed by atoms with van der Waals surface area (Å²) >= 11 is 0. The Kier molecular flexibility index (Phi) is 2.73. The second-order valence-electron chi connectivity index (χ2n) is 6.36. The van der Waals surface area contributed by atoms with Gasteiger partial charge in [0.05, 0.1) is 0 Å². The molecule has 112 valence electrons. The van der Waals surface area contributed by atoms with Gasteiger partial charge in [0.1, 0.15) is 5.60 Å². The van der Waals surface area contributed by atoms with E-state index in [1.807, 2.05) is 13.8 Å². The Morgan fingerprint density at radius 2 is 2.00 bits per heavy atom. The highest BCUT2D eigenvalue weighted by Gasteiger charge is 2.64. The molecule has 0 aromatic rings. The van der Waals surface area contributed by atoms with Gasteiger partial charge in [0.15, 0.2) is 5.78 Å². The van der Waals surface area contributed by atoms with E-state index >= 15 is 0 Å². The molecule has 5 heteroatoms. The van der Waals surface area contributed by atoms with Crippen LogP contribution in [0.3, 0.4) is 0 Å². The van der Waals surface area contributed by atoms with Gasteiger partial charge in [-0.25, -0.2) is 4.79 Å². The van der Waals surface area contributed by atoms with Crippen molar-refractivity contribution in [1.82, 2.24) is 5.32 Å². The van der Waals surface area contributed by atoms with Crippen LogP contribution < -0.4 is 5.32 Å². The van der Waals surface area contributed by atoms with Crippen LogP contribution >= 0.6 is 0 Å². The number of carbonyl (C=O) groups is 2. The number of hydrogen-bond acceptors (Lipinski definition) is 3. The van der Waals surface area contributed by atoms with Crippen LogP contribution in [0.15, 0.2) is 33.9 Å². The fraction of sp³-hybridized carbons (Fsp3) is 0.500. The number of hydrogen-bond donors (Lipinski definition) is 3. The smallest absolute Gasteiger partial charge is 0.404 e. The van der Waals surface area contributed by atoms with Gasteiger partial charge in [0, 0.05) is 17.5 Å². The van der Waals surface area contributed by atoms with Gasteiger partial charge >= 0.3 is 6.09 Å². The average Bonchev–Trinajstić information content (AvgIpc) is 3.14. The Morgan fingerprint density at radius 1 is 1.38 bits per heavy atom. The summed E-state index contributed by atoms with van der Waals surface area (Å²) in [6.07, 6.45) is 2.28. The first-order chi connectivity index (χ1) is 9.72. The highest BCUT2D eigenvalue weighted by Crippen LogP contribution is 2.64. The van der Waals surface area contributed by atoms with E-state index in [0.717, 1.165) is 35.1 Å². The second kappa shape index (κ2) is 4.07. The zero-order valence-electron chi connectivity index (χ0n) is 12.4. The molecule has 1 saturated carbocycles. The van der Waals surface area contributed by atoms with E-state index in [1.165, 1.54) is 0 Å². The van der Waals surface area contributed by atoms with Crippen LogP contribution in [-0.2, 0) is 4.79 Å². The molecule has 0 aromatic heterocycles. The molecule has 1 spiro atoms. The third-order valence-corrected chi connectivity index (χ3v) is 5.29. The van der Waals surface area contributed by atoms with Gasteiger partial charge in [0.2, 0.25) is 0 Å². The number of aliphatic hydroxyl groups is 1. The normalized spacial score (nSPS) is 29.7. The molecule has 0 heterocycles. The van der Waals surface area contributed by atoms with Gasteiger partial charge in [-0.05, 0) is 56.4 Å². The lowest BCUT2D eigenvalue weighted by molar-refractivity contribution is -0.137. The number of carbonyl (C=O) groups excluding carboxylic acids is 1. The van der Waals surface area contributed by atoms with Gasteiger partial charge in [0.25, 0.3) is 0 Å². The second-order valence-corrected chi connectivity index (χ2v) is 6.36. The molecule has 0 unspecified atom stereocenters. The molecule has 0 saturated heterocycles. The molecule has 0 bridgehead atoms. The third-order valence-electron chi connectivity index (χ3n) is 5.29. The molecule has 0 aliphatic heterocycles. The van der Waals surface area contributed by atoms with Crippen molar-refractivity contribution >= 4 is 11.9 Å². The lowest BCUT2D eigenvalue weighted by Gasteiger charge is -2.39.